The van der Waals surface area contributed by atoms with Crippen molar-refractivity contribution in [1.82, 2.24) is 0 Å². The maximum absolute atomic E-state index is 12.8. The van der Waals surface area contributed by atoms with Crippen molar-refractivity contribution in [3.05, 3.63) is 30.1 Å². The zero-order valence-corrected chi connectivity index (χ0v) is 8.20. The standard InChI is InChI=1S/C11H12FNO2/c12-8-3-1-4-9(7-8)13-11(14)10-5-2-6-15-10/h1,3-4,7,10H,2,5-6H2,(H,13,14). The highest BCUT2D eigenvalue weighted by Gasteiger charge is 2.23. The van der Waals surface area contributed by atoms with E-state index in [2.05, 4.69) is 5.32 Å². The number of halogens is 1. The van der Waals surface area contributed by atoms with Gasteiger partial charge in [-0.05, 0) is 31.0 Å². The monoisotopic (exact) mass is 209 g/mol. The van der Waals surface area contributed by atoms with Gasteiger partial charge in [0.05, 0.1) is 0 Å². The predicted molar refractivity (Wildman–Crippen MR) is 54.0 cm³/mol. The molecule has 1 aliphatic heterocycles. The van der Waals surface area contributed by atoms with E-state index in [1.165, 1.54) is 12.1 Å². The Balaban J connectivity index is 1.99. The van der Waals surface area contributed by atoms with Gasteiger partial charge in [-0.2, -0.15) is 0 Å². The highest BCUT2D eigenvalue weighted by Crippen LogP contribution is 2.15. The Morgan fingerprint density at radius 3 is 3.07 bits per heavy atom. The van der Waals surface area contributed by atoms with E-state index < -0.39 is 0 Å². The molecule has 1 aromatic rings. The van der Waals surface area contributed by atoms with Crippen LogP contribution < -0.4 is 5.32 Å². The maximum atomic E-state index is 12.8. The van der Waals surface area contributed by atoms with Crippen LogP contribution in [-0.4, -0.2) is 18.6 Å². The van der Waals surface area contributed by atoms with Crippen LogP contribution in [0.5, 0.6) is 0 Å². The Morgan fingerprint density at radius 2 is 2.40 bits per heavy atom. The average molecular weight is 209 g/mol. The van der Waals surface area contributed by atoms with Gasteiger partial charge in [-0.1, -0.05) is 6.07 Å². The quantitative estimate of drug-likeness (QED) is 0.808. The van der Waals surface area contributed by atoms with E-state index in [-0.39, 0.29) is 17.8 Å². The summed E-state index contributed by atoms with van der Waals surface area (Å²) in [7, 11) is 0. The molecule has 1 aliphatic rings. The van der Waals surface area contributed by atoms with Crippen LogP contribution in [0, 0.1) is 5.82 Å². The fourth-order valence-electron chi connectivity index (χ4n) is 1.57. The molecule has 1 aromatic carbocycles. The molecule has 4 heteroatoms. The van der Waals surface area contributed by atoms with Crippen LogP contribution >= 0.6 is 0 Å². The summed E-state index contributed by atoms with van der Waals surface area (Å²) < 4.78 is 18.0. The van der Waals surface area contributed by atoms with Crippen molar-refractivity contribution in [1.29, 1.82) is 0 Å². The minimum Gasteiger partial charge on any atom is -0.368 e. The van der Waals surface area contributed by atoms with E-state index in [9.17, 15) is 9.18 Å². The van der Waals surface area contributed by atoms with Crippen LogP contribution in [0.2, 0.25) is 0 Å². The summed E-state index contributed by atoms with van der Waals surface area (Å²) in [5, 5.41) is 2.62. The molecule has 1 fully saturated rings. The third kappa shape index (κ3) is 2.53. The first-order valence-electron chi connectivity index (χ1n) is 4.94. The number of hydrogen-bond donors (Lipinski definition) is 1. The number of hydrogen-bond acceptors (Lipinski definition) is 2. The molecular weight excluding hydrogens is 197 g/mol. The van der Waals surface area contributed by atoms with E-state index in [1.54, 1.807) is 12.1 Å². The zero-order chi connectivity index (χ0) is 10.7. The fraction of sp³-hybridized carbons (Fsp3) is 0.364. The van der Waals surface area contributed by atoms with Crippen molar-refractivity contribution in [3.63, 3.8) is 0 Å². The van der Waals surface area contributed by atoms with Crippen molar-refractivity contribution < 1.29 is 13.9 Å². The van der Waals surface area contributed by atoms with Gasteiger partial charge in [-0.15, -0.1) is 0 Å². The summed E-state index contributed by atoms with van der Waals surface area (Å²) in [4.78, 5) is 11.6. The Hall–Kier alpha value is -1.42. The van der Waals surface area contributed by atoms with Crippen molar-refractivity contribution in [3.8, 4) is 0 Å². The molecule has 15 heavy (non-hydrogen) atoms. The fourth-order valence-corrected chi connectivity index (χ4v) is 1.57. The largest absolute Gasteiger partial charge is 0.368 e. The molecule has 0 radical (unpaired) electrons. The zero-order valence-electron chi connectivity index (χ0n) is 8.20. The first-order chi connectivity index (χ1) is 7.25. The molecule has 2 rings (SSSR count). The summed E-state index contributed by atoms with van der Waals surface area (Å²) in [6.07, 6.45) is 1.26. The van der Waals surface area contributed by atoms with Gasteiger partial charge in [0.1, 0.15) is 11.9 Å². The molecule has 1 atom stereocenters. The topological polar surface area (TPSA) is 38.3 Å². The van der Waals surface area contributed by atoms with Gasteiger partial charge >= 0.3 is 0 Å². The molecule has 1 heterocycles. The van der Waals surface area contributed by atoms with Crippen LogP contribution in [0.3, 0.4) is 0 Å². The Morgan fingerprint density at radius 1 is 1.53 bits per heavy atom. The molecule has 0 saturated carbocycles. The van der Waals surface area contributed by atoms with E-state index in [0.29, 0.717) is 12.3 Å². The molecule has 1 N–H and O–H groups in total. The Labute approximate surface area is 87.2 Å². The van der Waals surface area contributed by atoms with Crippen LogP contribution in [0.4, 0.5) is 10.1 Å². The van der Waals surface area contributed by atoms with Gasteiger partial charge in [0.2, 0.25) is 0 Å². The molecule has 80 valence electrons. The summed E-state index contributed by atoms with van der Waals surface area (Å²) in [5.74, 6) is -0.557. The second kappa shape index (κ2) is 4.40. The van der Waals surface area contributed by atoms with Crippen molar-refractivity contribution in [2.45, 2.75) is 18.9 Å². The van der Waals surface area contributed by atoms with E-state index in [1.807, 2.05) is 0 Å². The molecule has 0 aliphatic carbocycles. The van der Waals surface area contributed by atoms with Crippen molar-refractivity contribution in [2.24, 2.45) is 0 Å². The van der Waals surface area contributed by atoms with E-state index >= 15 is 0 Å². The number of carbonyl (C=O) groups excluding carboxylic acids is 1. The van der Waals surface area contributed by atoms with Crippen LogP contribution in [-0.2, 0) is 9.53 Å². The van der Waals surface area contributed by atoms with E-state index in [0.717, 1.165) is 12.8 Å². The van der Waals surface area contributed by atoms with Crippen molar-refractivity contribution >= 4 is 11.6 Å². The summed E-state index contributed by atoms with van der Waals surface area (Å²) in [6.45, 7) is 0.626. The van der Waals surface area contributed by atoms with Crippen molar-refractivity contribution in [2.75, 3.05) is 11.9 Å². The lowest BCUT2D eigenvalue weighted by Gasteiger charge is -2.10. The van der Waals surface area contributed by atoms with Crippen LogP contribution in [0.25, 0.3) is 0 Å². The second-order valence-electron chi connectivity index (χ2n) is 3.50. The molecule has 1 amide bonds. The maximum Gasteiger partial charge on any atom is 0.253 e. The SMILES string of the molecule is O=C(Nc1cccc(F)c1)C1CCCO1. The second-order valence-corrected chi connectivity index (χ2v) is 3.50. The number of nitrogens with one attached hydrogen (secondary N) is 1. The van der Waals surface area contributed by atoms with Gasteiger partial charge in [-0.25, -0.2) is 4.39 Å². The van der Waals surface area contributed by atoms with Gasteiger partial charge < -0.3 is 10.1 Å². The summed E-state index contributed by atoms with van der Waals surface area (Å²) >= 11 is 0. The third-order valence-electron chi connectivity index (χ3n) is 2.31. The third-order valence-corrected chi connectivity index (χ3v) is 2.31. The number of ether oxygens (including phenoxy) is 1. The smallest absolute Gasteiger partial charge is 0.253 e. The van der Waals surface area contributed by atoms with Gasteiger partial charge in [0, 0.05) is 12.3 Å². The number of rotatable bonds is 2. The number of anilines is 1. The van der Waals surface area contributed by atoms with E-state index in [4.69, 9.17) is 4.74 Å². The average Bonchev–Trinajstić information content (AvgIpc) is 2.70. The normalized spacial score (nSPS) is 20.2. The molecular formula is C11H12FNO2. The number of benzene rings is 1. The molecule has 3 nitrogen and oxygen atoms in total. The van der Waals surface area contributed by atoms with Crippen LogP contribution in [0.1, 0.15) is 12.8 Å². The lowest BCUT2D eigenvalue weighted by atomic mass is 10.2. The molecule has 0 spiro atoms. The Kier molecular flexibility index (Phi) is 2.97. The highest BCUT2D eigenvalue weighted by molar-refractivity contribution is 5.94. The minimum absolute atomic E-state index is 0.196. The molecule has 1 unspecified atom stereocenters. The molecule has 0 bridgehead atoms. The molecule has 1 saturated heterocycles. The predicted octanol–water partition coefficient (Wildman–Crippen LogP) is 1.94. The summed E-state index contributed by atoms with van der Waals surface area (Å²) in [6, 6.07) is 5.82. The lowest BCUT2D eigenvalue weighted by Crippen LogP contribution is -2.26. The van der Waals surface area contributed by atoms with Gasteiger partial charge in [0.15, 0.2) is 0 Å². The first kappa shape index (κ1) is 10.1. The van der Waals surface area contributed by atoms with Crippen LogP contribution in [0.15, 0.2) is 24.3 Å². The molecule has 0 aromatic heterocycles. The Bertz CT molecular complexity index is 361. The van der Waals surface area contributed by atoms with Gasteiger partial charge in [0.25, 0.3) is 5.91 Å². The highest BCUT2D eigenvalue weighted by atomic mass is 19.1. The number of amides is 1. The lowest BCUT2D eigenvalue weighted by molar-refractivity contribution is -0.124. The van der Waals surface area contributed by atoms with Gasteiger partial charge in [-0.3, -0.25) is 4.79 Å². The minimum atomic E-state index is -0.381. The first-order valence-corrected chi connectivity index (χ1v) is 4.94. The number of carbonyl (C=O) groups is 1. The summed E-state index contributed by atoms with van der Waals surface area (Å²) in [5.41, 5.74) is 0.468.